The third kappa shape index (κ3) is 5.82. The van der Waals surface area contributed by atoms with Crippen molar-refractivity contribution in [2.24, 2.45) is 0 Å². The van der Waals surface area contributed by atoms with Crippen LogP contribution >= 0.6 is 23.4 Å². The molecule has 5 heteroatoms. The molecule has 122 valence electrons. The van der Waals surface area contributed by atoms with Crippen molar-refractivity contribution in [1.29, 1.82) is 0 Å². The maximum atomic E-state index is 11.7. The van der Waals surface area contributed by atoms with Crippen molar-refractivity contribution < 1.29 is 39.5 Å². The van der Waals surface area contributed by atoms with E-state index in [1.54, 1.807) is 19.1 Å². The molecule has 0 amide bonds. The van der Waals surface area contributed by atoms with Crippen LogP contribution in [0.2, 0.25) is 5.02 Å². The molecule has 2 nitrogen and oxygen atoms in total. The van der Waals surface area contributed by atoms with E-state index in [0.29, 0.717) is 17.4 Å². The van der Waals surface area contributed by atoms with Crippen LogP contribution in [0.1, 0.15) is 37.8 Å². The average molecular weight is 371 g/mol. The molecule has 0 aliphatic carbocycles. The molecule has 0 aliphatic heterocycles. The first-order valence-corrected chi connectivity index (χ1v) is 8.74. The van der Waals surface area contributed by atoms with Crippen LogP contribution in [0.3, 0.4) is 0 Å². The number of halogens is 1. The predicted molar refractivity (Wildman–Crippen MR) is 95.0 cm³/mol. The van der Waals surface area contributed by atoms with Gasteiger partial charge in [-0.2, -0.15) is 0 Å². The van der Waals surface area contributed by atoms with Crippen molar-refractivity contribution in [2.75, 3.05) is 0 Å². The fourth-order valence-corrected chi connectivity index (χ4v) is 3.56. The summed E-state index contributed by atoms with van der Waals surface area (Å²) in [7, 11) is 0. The van der Waals surface area contributed by atoms with Gasteiger partial charge in [-0.1, -0.05) is 49.7 Å². The molecule has 24 heavy (non-hydrogen) atoms. The SMILES string of the molecule is CC(C)c1ccc(SC(C)(Cc2ccc(Cl)cc2)C(=O)[O-])cc1.[Na+]. The Morgan fingerprint density at radius 3 is 2.12 bits per heavy atom. The van der Waals surface area contributed by atoms with E-state index in [0.717, 1.165) is 10.5 Å². The normalized spacial score (nSPS) is 13.2. The quantitative estimate of drug-likeness (QED) is 0.568. The van der Waals surface area contributed by atoms with Gasteiger partial charge in [0.15, 0.2) is 0 Å². The van der Waals surface area contributed by atoms with Gasteiger partial charge in [0.25, 0.3) is 0 Å². The van der Waals surface area contributed by atoms with Crippen molar-refractivity contribution >= 4 is 29.3 Å². The molecule has 0 heterocycles. The smallest absolute Gasteiger partial charge is 0.549 e. The summed E-state index contributed by atoms with van der Waals surface area (Å²) in [5, 5.41) is 12.4. The maximum absolute atomic E-state index is 11.7. The largest absolute Gasteiger partial charge is 1.00 e. The van der Waals surface area contributed by atoms with Gasteiger partial charge in [0.2, 0.25) is 0 Å². The molecule has 0 N–H and O–H groups in total. The summed E-state index contributed by atoms with van der Waals surface area (Å²) in [5.74, 6) is -0.610. The molecule has 0 radical (unpaired) electrons. The van der Waals surface area contributed by atoms with Gasteiger partial charge < -0.3 is 9.90 Å². The Hall–Kier alpha value is -0.450. The third-order valence-electron chi connectivity index (χ3n) is 3.78. The Labute approximate surface area is 175 Å². The fraction of sp³-hybridized carbons (Fsp3) is 0.316. The Morgan fingerprint density at radius 1 is 1.12 bits per heavy atom. The molecular formula is C19H20ClNaO2S. The molecular weight excluding hydrogens is 351 g/mol. The van der Waals surface area contributed by atoms with E-state index in [1.165, 1.54) is 17.3 Å². The zero-order chi connectivity index (χ0) is 17.0. The summed E-state index contributed by atoms with van der Waals surface area (Å²) >= 11 is 7.21. The summed E-state index contributed by atoms with van der Waals surface area (Å²) in [6.07, 6.45) is 0.378. The number of carboxylic acids is 1. The van der Waals surface area contributed by atoms with E-state index in [9.17, 15) is 9.90 Å². The molecule has 2 aromatic carbocycles. The number of benzene rings is 2. The van der Waals surface area contributed by atoms with Crippen LogP contribution in [-0.2, 0) is 11.2 Å². The molecule has 0 aromatic heterocycles. The predicted octanol–water partition coefficient (Wildman–Crippen LogP) is 1.31. The minimum Gasteiger partial charge on any atom is -0.549 e. The van der Waals surface area contributed by atoms with Gasteiger partial charge in [-0.05, 0) is 54.7 Å². The third-order valence-corrected chi connectivity index (χ3v) is 5.30. The van der Waals surface area contributed by atoms with Crippen molar-refractivity contribution in [3.63, 3.8) is 0 Å². The first kappa shape index (κ1) is 21.6. The van der Waals surface area contributed by atoms with Crippen molar-refractivity contribution in [2.45, 2.75) is 42.8 Å². The number of carbonyl (C=O) groups excluding carboxylic acids is 1. The van der Waals surface area contributed by atoms with Gasteiger partial charge >= 0.3 is 29.6 Å². The molecule has 2 aromatic rings. The minimum atomic E-state index is -1.06. The Bertz CT molecular complexity index is 671. The second kappa shape index (κ2) is 9.30. The van der Waals surface area contributed by atoms with Crippen LogP contribution in [0, 0.1) is 0 Å². The fourth-order valence-electron chi connectivity index (χ4n) is 2.32. The van der Waals surface area contributed by atoms with E-state index < -0.39 is 10.7 Å². The summed E-state index contributed by atoms with van der Waals surface area (Å²) in [4.78, 5) is 12.6. The molecule has 0 spiro atoms. The zero-order valence-corrected chi connectivity index (χ0v) is 18.1. The van der Waals surface area contributed by atoms with Gasteiger partial charge in [-0.15, -0.1) is 11.8 Å². The van der Waals surface area contributed by atoms with E-state index in [1.807, 2.05) is 36.4 Å². The number of thioether (sulfide) groups is 1. The number of hydrogen-bond acceptors (Lipinski definition) is 3. The Morgan fingerprint density at radius 2 is 1.67 bits per heavy atom. The molecule has 0 saturated heterocycles. The number of carbonyl (C=O) groups is 1. The molecule has 0 fully saturated rings. The topological polar surface area (TPSA) is 40.1 Å². The summed E-state index contributed by atoms with van der Waals surface area (Å²) < 4.78 is -1.03. The van der Waals surface area contributed by atoms with Gasteiger partial charge in [0, 0.05) is 9.92 Å². The maximum Gasteiger partial charge on any atom is 1.00 e. The monoisotopic (exact) mass is 370 g/mol. The van der Waals surface area contributed by atoms with E-state index in [2.05, 4.69) is 13.8 Å². The van der Waals surface area contributed by atoms with Crippen LogP contribution in [0.25, 0.3) is 0 Å². The van der Waals surface area contributed by atoms with Crippen LogP contribution in [0.4, 0.5) is 0 Å². The van der Waals surface area contributed by atoms with Crippen molar-refractivity contribution in [1.82, 2.24) is 0 Å². The second-order valence-electron chi connectivity index (χ2n) is 6.15. The minimum absolute atomic E-state index is 0. The molecule has 1 atom stereocenters. The Balaban J connectivity index is 0.00000288. The van der Waals surface area contributed by atoms with Gasteiger partial charge in [-0.3, -0.25) is 0 Å². The molecule has 2 rings (SSSR count). The zero-order valence-electron chi connectivity index (χ0n) is 14.5. The number of rotatable bonds is 6. The van der Waals surface area contributed by atoms with Crippen molar-refractivity contribution in [3.8, 4) is 0 Å². The van der Waals surface area contributed by atoms with E-state index >= 15 is 0 Å². The summed E-state index contributed by atoms with van der Waals surface area (Å²) in [6.45, 7) is 5.97. The van der Waals surface area contributed by atoms with Gasteiger partial charge in [0.05, 0.1) is 10.7 Å². The van der Waals surface area contributed by atoms with Crippen molar-refractivity contribution in [3.05, 3.63) is 64.7 Å². The molecule has 0 saturated carbocycles. The van der Waals surface area contributed by atoms with Crippen LogP contribution in [-0.4, -0.2) is 10.7 Å². The molecule has 0 aliphatic rings. The van der Waals surface area contributed by atoms with E-state index in [4.69, 9.17) is 11.6 Å². The van der Waals surface area contributed by atoms with Crippen LogP contribution in [0.15, 0.2) is 53.4 Å². The second-order valence-corrected chi connectivity index (χ2v) is 8.16. The summed E-state index contributed by atoms with van der Waals surface area (Å²) in [6, 6.07) is 15.3. The van der Waals surface area contributed by atoms with Crippen LogP contribution in [0.5, 0.6) is 0 Å². The van der Waals surface area contributed by atoms with E-state index in [-0.39, 0.29) is 29.6 Å². The van der Waals surface area contributed by atoms with Gasteiger partial charge in [-0.25, -0.2) is 0 Å². The first-order chi connectivity index (χ1) is 10.8. The number of carboxylic acid groups (broad SMARTS) is 1. The molecule has 0 bridgehead atoms. The number of aliphatic carboxylic acids is 1. The Kier molecular flexibility index (Phi) is 8.37. The standard InChI is InChI=1S/C19H21ClO2S.Na/c1-13(2)15-6-10-17(11-7-15)23-19(3,18(21)22)12-14-4-8-16(20)9-5-14;/h4-11,13H,12H2,1-3H3,(H,21,22);/q;+1/p-1. The average Bonchev–Trinajstić information content (AvgIpc) is 2.50. The van der Waals surface area contributed by atoms with Gasteiger partial charge in [0.1, 0.15) is 0 Å². The number of hydrogen-bond donors (Lipinski definition) is 0. The molecule has 1 unspecified atom stereocenters. The summed E-state index contributed by atoms with van der Waals surface area (Å²) in [5.41, 5.74) is 2.16. The van der Waals surface area contributed by atoms with Crippen LogP contribution < -0.4 is 34.7 Å². The first-order valence-electron chi connectivity index (χ1n) is 7.55.